The lowest BCUT2D eigenvalue weighted by Gasteiger charge is -2.07. The second kappa shape index (κ2) is 7.62. The minimum absolute atomic E-state index is 0.801. The van der Waals surface area contributed by atoms with E-state index in [4.69, 9.17) is 4.74 Å². The van der Waals surface area contributed by atoms with E-state index in [-0.39, 0.29) is 0 Å². The Labute approximate surface area is 115 Å². The van der Waals surface area contributed by atoms with Crippen LogP contribution in [0.5, 0.6) is 5.75 Å². The predicted molar refractivity (Wildman–Crippen MR) is 77.4 cm³/mol. The number of imidazole rings is 1. The van der Waals surface area contributed by atoms with Gasteiger partial charge in [0.2, 0.25) is 0 Å². The molecule has 0 bridgehead atoms. The van der Waals surface area contributed by atoms with Crippen molar-refractivity contribution in [1.82, 2.24) is 9.55 Å². The normalized spacial score (nSPS) is 10.6. The van der Waals surface area contributed by atoms with Crippen LogP contribution in [0.4, 0.5) is 0 Å². The van der Waals surface area contributed by atoms with Crippen molar-refractivity contribution < 1.29 is 4.74 Å². The summed E-state index contributed by atoms with van der Waals surface area (Å²) < 4.78 is 7.84. The Morgan fingerprint density at radius 1 is 1.11 bits per heavy atom. The zero-order valence-corrected chi connectivity index (χ0v) is 11.6. The lowest BCUT2D eigenvalue weighted by Crippen LogP contribution is -1.99. The molecule has 0 spiro atoms. The van der Waals surface area contributed by atoms with Crippen molar-refractivity contribution in [1.29, 1.82) is 0 Å². The van der Waals surface area contributed by atoms with Gasteiger partial charge in [-0.25, -0.2) is 4.98 Å². The number of unbranched alkanes of at least 4 members (excludes halogenated alkanes) is 2. The molecule has 0 saturated heterocycles. The molecule has 102 valence electrons. The maximum atomic E-state index is 5.72. The first-order chi connectivity index (χ1) is 9.38. The van der Waals surface area contributed by atoms with Gasteiger partial charge in [-0.2, -0.15) is 0 Å². The molecule has 3 heteroatoms. The number of hydrogen-bond acceptors (Lipinski definition) is 2. The van der Waals surface area contributed by atoms with E-state index in [1.807, 2.05) is 18.7 Å². The van der Waals surface area contributed by atoms with E-state index in [0.29, 0.717) is 0 Å². The topological polar surface area (TPSA) is 27.1 Å². The molecule has 0 aliphatic heterocycles. The lowest BCUT2D eigenvalue weighted by molar-refractivity contribution is 0.303. The highest BCUT2D eigenvalue weighted by atomic mass is 16.5. The standard InChI is InChI=1S/C16H22N2O/c1-2-15-6-8-16(9-7-15)19-13-5-3-4-11-18-12-10-17-14-18/h6-10,12,14H,2-5,11,13H2,1H3. The monoisotopic (exact) mass is 258 g/mol. The highest BCUT2D eigenvalue weighted by Gasteiger charge is 1.95. The highest BCUT2D eigenvalue weighted by molar-refractivity contribution is 5.27. The Morgan fingerprint density at radius 2 is 1.95 bits per heavy atom. The first-order valence-corrected chi connectivity index (χ1v) is 7.06. The Balaban J connectivity index is 1.56. The number of aryl methyl sites for hydroxylation is 2. The van der Waals surface area contributed by atoms with Gasteiger partial charge >= 0.3 is 0 Å². The van der Waals surface area contributed by atoms with E-state index in [0.717, 1.165) is 31.7 Å². The molecule has 1 heterocycles. The van der Waals surface area contributed by atoms with Crippen molar-refractivity contribution in [2.45, 2.75) is 39.2 Å². The fourth-order valence-corrected chi connectivity index (χ4v) is 2.00. The van der Waals surface area contributed by atoms with Crippen molar-refractivity contribution in [3.05, 3.63) is 48.5 Å². The van der Waals surface area contributed by atoms with Crippen LogP contribution in [0.25, 0.3) is 0 Å². The van der Waals surface area contributed by atoms with Crippen molar-refractivity contribution >= 4 is 0 Å². The molecule has 2 rings (SSSR count). The molecule has 2 aromatic rings. The molecule has 0 aliphatic carbocycles. The fourth-order valence-electron chi connectivity index (χ4n) is 2.00. The summed E-state index contributed by atoms with van der Waals surface area (Å²) in [6.45, 7) is 4.01. The Bertz CT molecular complexity index is 448. The highest BCUT2D eigenvalue weighted by Crippen LogP contribution is 2.13. The van der Waals surface area contributed by atoms with Crippen molar-refractivity contribution in [3.63, 3.8) is 0 Å². The summed E-state index contributed by atoms with van der Waals surface area (Å²) in [5.74, 6) is 0.979. The van der Waals surface area contributed by atoms with Crippen LogP contribution in [-0.2, 0) is 13.0 Å². The zero-order valence-electron chi connectivity index (χ0n) is 11.6. The van der Waals surface area contributed by atoms with Gasteiger partial charge < -0.3 is 9.30 Å². The minimum atomic E-state index is 0.801. The molecule has 3 nitrogen and oxygen atoms in total. The van der Waals surface area contributed by atoms with Crippen LogP contribution in [0.1, 0.15) is 31.7 Å². The third-order valence-corrected chi connectivity index (χ3v) is 3.22. The van der Waals surface area contributed by atoms with Gasteiger partial charge in [0.1, 0.15) is 5.75 Å². The maximum Gasteiger partial charge on any atom is 0.119 e. The first-order valence-electron chi connectivity index (χ1n) is 7.06. The molecular weight excluding hydrogens is 236 g/mol. The molecule has 0 N–H and O–H groups in total. The Kier molecular flexibility index (Phi) is 5.48. The summed E-state index contributed by atoms with van der Waals surface area (Å²) in [4.78, 5) is 4.03. The van der Waals surface area contributed by atoms with Crippen molar-refractivity contribution in [3.8, 4) is 5.75 Å². The number of hydrogen-bond donors (Lipinski definition) is 0. The van der Waals surface area contributed by atoms with Gasteiger partial charge in [0.05, 0.1) is 12.9 Å². The summed E-state index contributed by atoms with van der Waals surface area (Å²) >= 11 is 0. The first kappa shape index (κ1) is 13.7. The van der Waals surface area contributed by atoms with Gasteiger partial charge in [0.15, 0.2) is 0 Å². The van der Waals surface area contributed by atoms with E-state index in [9.17, 15) is 0 Å². The second-order valence-corrected chi connectivity index (χ2v) is 4.71. The fraction of sp³-hybridized carbons (Fsp3) is 0.438. The van der Waals surface area contributed by atoms with Crippen LogP contribution in [0.15, 0.2) is 43.0 Å². The number of benzene rings is 1. The molecule has 0 saturated carbocycles. The van der Waals surface area contributed by atoms with Crippen LogP contribution in [0, 0.1) is 0 Å². The minimum Gasteiger partial charge on any atom is -0.494 e. The van der Waals surface area contributed by atoms with Crippen molar-refractivity contribution in [2.75, 3.05) is 6.61 Å². The van der Waals surface area contributed by atoms with Gasteiger partial charge in [-0.05, 0) is 43.4 Å². The van der Waals surface area contributed by atoms with Crippen LogP contribution >= 0.6 is 0 Å². The molecule has 0 atom stereocenters. The molecule has 0 amide bonds. The quantitative estimate of drug-likeness (QED) is 0.675. The van der Waals surface area contributed by atoms with E-state index in [2.05, 4.69) is 40.7 Å². The average molecular weight is 258 g/mol. The van der Waals surface area contributed by atoms with E-state index < -0.39 is 0 Å². The Morgan fingerprint density at radius 3 is 2.63 bits per heavy atom. The second-order valence-electron chi connectivity index (χ2n) is 4.71. The largest absolute Gasteiger partial charge is 0.494 e. The summed E-state index contributed by atoms with van der Waals surface area (Å²) in [5.41, 5.74) is 1.35. The molecule has 0 radical (unpaired) electrons. The molecule has 1 aromatic heterocycles. The third-order valence-electron chi connectivity index (χ3n) is 3.22. The number of aromatic nitrogens is 2. The summed E-state index contributed by atoms with van der Waals surface area (Å²) in [7, 11) is 0. The molecule has 0 aliphatic rings. The van der Waals surface area contributed by atoms with Gasteiger partial charge in [0, 0.05) is 18.9 Å². The molecular formula is C16H22N2O. The molecule has 19 heavy (non-hydrogen) atoms. The van der Waals surface area contributed by atoms with Crippen LogP contribution in [-0.4, -0.2) is 16.2 Å². The number of rotatable bonds is 8. The SMILES string of the molecule is CCc1ccc(OCCCCCn2ccnc2)cc1. The Hall–Kier alpha value is -1.77. The van der Waals surface area contributed by atoms with Crippen LogP contribution < -0.4 is 4.74 Å². The van der Waals surface area contributed by atoms with E-state index in [1.165, 1.54) is 18.4 Å². The van der Waals surface area contributed by atoms with Crippen molar-refractivity contribution in [2.24, 2.45) is 0 Å². The summed E-state index contributed by atoms with van der Waals surface area (Å²) in [5, 5.41) is 0. The summed E-state index contributed by atoms with van der Waals surface area (Å²) in [6, 6.07) is 8.39. The lowest BCUT2D eigenvalue weighted by atomic mass is 10.2. The van der Waals surface area contributed by atoms with Gasteiger partial charge in [-0.1, -0.05) is 19.1 Å². The van der Waals surface area contributed by atoms with Gasteiger partial charge in [-0.3, -0.25) is 0 Å². The summed E-state index contributed by atoms with van der Waals surface area (Å²) in [6.07, 6.45) is 10.2. The third kappa shape index (κ3) is 4.78. The smallest absolute Gasteiger partial charge is 0.119 e. The molecule has 1 aromatic carbocycles. The number of ether oxygens (including phenoxy) is 1. The van der Waals surface area contributed by atoms with Crippen LogP contribution in [0.2, 0.25) is 0 Å². The van der Waals surface area contributed by atoms with E-state index >= 15 is 0 Å². The van der Waals surface area contributed by atoms with Gasteiger partial charge in [-0.15, -0.1) is 0 Å². The predicted octanol–water partition coefficient (Wildman–Crippen LogP) is 3.69. The molecule has 0 fully saturated rings. The van der Waals surface area contributed by atoms with E-state index in [1.54, 1.807) is 0 Å². The zero-order chi connectivity index (χ0) is 13.3. The maximum absolute atomic E-state index is 5.72. The average Bonchev–Trinajstić information content (AvgIpc) is 2.96. The molecule has 0 unspecified atom stereocenters. The number of nitrogens with zero attached hydrogens (tertiary/aromatic N) is 2. The van der Waals surface area contributed by atoms with Crippen LogP contribution in [0.3, 0.4) is 0 Å². The van der Waals surface area contributed by atoms with Gasteiger partial charge in [0.25, 0.3) is 0 Å².